The minimum Gasteiger partial charge on any atom is -0.496 e. The smallest absolute Gasteiger partial charge is 0.226 e. The quantitative estimate of drug-likeness (QED) is 0.530. The summed E-state index contributed by atoms with van der Waals surface area (Å²) >= 11 is 3.12. The fourth-order valence-corrected chi connectivity index (χ4v) is 4.17. The van der Waals surface area contributed by atoms with Crippen molar-refractivity contribution in [1.82, 2.24) is 4.98 Å². The summed E-state index contributed by atoms with van der Waals surface area (Å²) < 4.78 is 5.29. The molecule has 3 aromatic rings. The molecular weight excluding hydrogens is 376 g/mol. The third-order valence-electron chi connectivity index (χ3n) is 4.06. The van der Waals surface area contributed by atoms with Crippen LogP contribution in [0.15, 0.2) is 52.7 Å². The number of aryl methyl sites for hydroxylation is 2. The number of nitrogens with one attached hydrogen (secondary N) is 1. The molecule has 1 N–H and O–H groups in total. The van der Waals surface area contributed by atoms with Gasteiger partial charge in [-0.1, -0.05) is 17.7 Å². The van der Waals surface area contributed by atoms with Gasteiger partial charge in [-0.25, -0.2) is 4.98 Å². The van der Waals surface area contributed by atoms with E-state index in [2.05, 4.69) is 41.5 Å². The van der Waals surface area contributed by atoms with Gasteiger partial charge in [0.25, 0.3) is 0 Å². The zero-order valence-electron chi connectivity index (χ0n) is 15.6. The van der Waals surface area contributed by atoms with Gasteiger partial charge in [-0.3, -0.25) is 4.79 Å². The molecule has 0 bridgehead atoms. The number of anilines is 1. The van der Waals surface area contributed by atoms with Crippen molar-refractivity contribution >= 4 is 34.1 Å². The molecule has 0 spiro atoms. The number of carbonyl (C=O) groups is 1. The van der Waals surface area contributed by atoms with Crippen LogP contribution in [-0.4, -0.2) is 23.8 Å². The van der Waals surface area contributed by atoms with E-state index < -0.39 is 0 Å². The number of methoxy groups -OCH3 is 1. The molecule has 0 radical (unpaired) electrons. The van der Waals surface area contributed by atoms with E-state index in [1.165, 1.54) is 21.8 Å². The first-order valence-corrected chi connectivity index (χ1v) is 10.5. The number of aromatic nitrogens is 1. The van der Waals surface area contributed by atoms with Crippen LogP contribution in [0.3, 0.4) is 0 Å². The zero-order valence-corrected chi connectivity index (χ0v) is 17.2. The van der Waals surface area contributed by atoms with E-state index in [-0.39, 0.29) is 5.91 Å². The van der Waals surface area contributed by atoms with Gasteiger partial charge in [0.05, 0.1) is 12.8 Å². The molecule has 0 saturated heterocycles. The van der Waals surface area contributed by atoms with Crippen molar-refractivity contribution < 1.29 is 9.53 Å². The molecule has 1 aromatic heterocycles. The fraction of sp³-hybridized carbons (Fsp3) is 0.238. The van der Waals surface area contributed by atoms with Crippen LogP contribution in [0.25, 0.3) is 11.3 Å². The topological polar surface area (TPSA) is 51.2 Å². The second-order valence-corrected chi connectivity index (χ2v) is 8.21. The fourth-order valence-electron chi connectivity index (χ4n) is 2.58. The number of nitrogens with zero attached hydrogens (tertiary/aromatic N) is 1. The largest absolute Gasteiger partial charge is 0.496 e. The number of rotatable bonds is 7. The van der Waals surface area contributed by atoms with Crippen molar-refractivity contribution in [3.05, 3.63) is 59.0 Å². The highest BCUT2D eigenvalue weighted by atomic mass is 32.2. The second-order valence-electron chi connectivity index (χ2n) is 6.18. The molecule has 1 amide bonds. The van der Waals surface area contributed by atoms with Crippen molar-refractivity contribution in [2.75, 3.05) is 18.2 Å². The normalized spacial score (nSPS) is 10.6. The van der Waals surface area contributed by atoms with E-state index >= 15 is 0 Å². The summed E-state index contributed by atoms with van der Waals surface area (Å²) in [5, 5.41) is 5.48. The minimum atomic E-state index is -0.0126. The Bertz CT molecular complexity index is 920. The van der Waals surface area contributed by atoms with E-state index in [1.807, 2.05) is 30.5 Å². The molecule has 27 heavy (non-hydrogen) atoms. The molecule has 2 aromatic carbocycles. The van der Waals surface area contributed by atoms with Gasteiger partial charge in [0.15, 0.2) is 5.13 Å². The summed E-state index contributed by atoms with van der Waals surface area (Å²) in [6.45, 7) is 4.07. The summed E-state index contributed by atoms with van der Waals surface area (Å²) in [6, 6.07) is 14.3. The van der Waals surface area contributed by atoms with Gasteiger partial charge < -0.3 is 10.1 Å². The van der Waals surface area contributed by atoms with Gasteiger partial charge in [0.2, 0.25) is 5.91 Å². The van der Waals surface area contributed by atoms with Crippen molar-refractivity contribution in [2.45, 2.75) is 25.2 Å². The molecule has 0 unspecified atom stereocenters. The lowest BCUT2D eigenvalue weighted by atomic mass is 10.1. The van der Waals surface area contributed by atoms with E-state index in [9.17, 15) is 4.79 Å². The number of ether oxygens (including phenoxy) is 1. The maximum Gasteiger partial charge on any atom is 0.226 e. The maximum atomic E-state index is 12.2. The first kappa shape index (κ1) is 19.5. The van der Waals surface area contributed by atoms with Gasteiger partial charge in [-0.15, -0.1) is 23.1 Å². The SMILES string of the molecule is COc1ccc(-c2csc(NC(=O)CCSc3ccc(C)cc3)n2)cc1C. The molecule has 0 aliphatic carbocycles. The zero-order chi connectivity index (χ0) is 19.2. The van der Waals surface area contributed by atoms with E-state index in [0.29, 0.717) is 11.6 Å². The minimum absolute atomic E-state index is 0.0126. The van der Waals surface area contributed by atoms with Crippen molar-refractivity contribution in [1.29, 1.82) is 0 Å². The summed E-state index contributed by atoms with van der Waals surface area (Å²) in [7, 11) is 1.66. The van der Waals surface area contributed by atoms with Gasteiger partial charge >= 0.3 is 0 Å². The lowest BCUT2D eigenvalue weighted by Gasteiger charge is -2.05. The molecule has 0 aliphatic rings. The van der Waals surface area contributed by atoms with Crippen LogP contribution < -0.4 is 10.1 Å². The van der Waals surface area contributed by atoms with Gasteiger partial charge in [-0.05, 0) is 49.7 Å². The van der Waals surface area contributed by atoms with Crippen LogP contribution in [0.2, 0.25) is 0 Å². The van der Waals surface area contributed by atoms with Gasteiger partial charge in [-0.2, -0.15) is 0 Å². The van der Waals surface area contributed by atoms with Crippen LogP contribution in [0, 0.1) is 13.8 Å². The molecule has 4 nitrogen and oxygen atoms in total. The maximum absolute atomic E-state index is 12.2. The Labute approximate surface area is 168 Å². The summed E-state index contributed by atoms with van der Waals surface area (Å²) in [5.74, 6) is 1.58. The van der Waals surface area contributed by atoms with E-state index in [0.717, 1.165) is 28.3 Å². The molecular formula is C21H22N2O2S2. The van der Waals surface area contributed by atoms with Crippen LogP contribution >= 0.6 is 23.1 Å². The molecule has 1 heterocycles. The number of carbonyl (C=O) groups excluding carboxylic acids is 1. The number of benzene rings is 2. The number of thiazole rings is 1. The first-order valence-electron chi connectivity index (χ1n) is 8.65. The average molecular weight is 399 g/mol. The first-order chi connectivity index (χ1) is 13.0. The Balaban J connectivity index is 1.53. The highest BCUT2D eigenvalue weighted by Gasteiger charge is 2.09. The lowest BCUT2D eigenvalue weighted by molar-refractivity contribution is -0.115. The average Bonchev–Trinajstić information content (AvgIpc) is 3.11. The molecule has 3 rings (SSSR count). The standard InChI is InChI=1S/C21H22N2O2S2/c1-14-4-7-17(8-5-14)26-11-10-20(24)23-21-22-18(13-27-21)16-6-9-19(25-3)15(2)12-16/h4-9,12-13H,10-11H2,1-3H3,(H,22,23,24). The second kappa shape index (κ2) is 9.06. The summed E-state index contributed by atoms with van der Waals surface area (Å²) in [5.41, 5.74) is 4.17. The van der Waals surface area contributed by atoms with E-state index in [1.54, 1.807) is 18.9 Å². The molecule has 0 atom stereocenters. The predicted molar refractivity (Wildman–Crippen MR) is 114 cm³/mol. The summed E-state index contributed by atoms with van der Waals surface area (Å²) in [4.78, 5) is 17.9. The Hall–Kier alpha value is -2.31. The third-order valence-corrected chi connectivity index (χ3v) is 5.83. The molecule has 0 saturated carbocycles. The van der Waals surface area contributed by atoms with Crippen LogP contribution in [0.1, 0.15) is 17.5 Å². The number of hydrogen-bond donors (Lipinski definition) is 1. The molecule has 0 fully saturated rings. The van der Waals surface area contributed by atoms with Gasteiger partial charge in [0.1, 0.15) is 5.75 Å². The summed E-state index contributed by atoms with van der Waals surface area (Å²) in [6.07, 6.45) is 0.453. The van der Waals surface area contributed by atoms with Gasteiger partial charge in [0, 0.05) is 28.0 Å². The van der Waals surface area contributed by atoms with Crippen molar-refractivity contribution in [3.63, 3.8) is 0 Å². The Morgan fingerprint density at radius 1 is 1.19 bits per heavy atom. The highest BCUT2D eigenvalue weighted by molar-refractivity contribution is 7.99. The monoisotopic (exact) mass is 398 g/mol. The van der Waals surface area contributed by atoms with Crippen LogP contribution in [0.4, 0.5) is 5.13 Å². The molecule has 140 valence electrons. The Morgan fingerprint density at radius 3 is 2.67 bits per heavy atom. The third kappa shape index (κ3) is 5.34. The number of hydrogen-bond acceptors (Lipinski definition) is 5. The number of thioether (sulfide) groups is 1. The molecule has 0 aliphatic heterocycles. The number of amides is 1. The van der Waals surface area contributed by atoms with Crippen LogP contribution in [0.5, 0.6) is 5.75 Å². The van der Waals surface area contributed by atoms with Crippen molar-refractivity contribution in [2.24, 2.45) is 0 Å². The van der Waals surface area contributed by atoms with Crippen molar-refractivity contribution in [3.8, 4) is 17.0 Å². The Morgan fingerprint density at radius 2 is 1.96 bits per heavy atom. The Kier molecular flexibility index (Phi) is 6.53. The van der Waals surface area contributed by atoms with E-state index in [4.69, 9.17) is 4.74 Å². The van der Waals surface area contributed by atoms with Crippen LogP contribution in [-0.2, 0) is 4.79 Å². The lowest BCUT2D eigenvalue weighted by Crippen LogP contribution is -2.11. The molecule has 6 heteroatoms. The highest BCUT2D eigenvalue weighted by Crippen LogP contribution is 2.29. The predicted octanol–water partition coefficient (Wildman–Crippen LogP) is 5.56.